The molecule has 1 fully saturated rings. The van der Waals surface area contributed by atoms with Crippen LogP contribution in [0.4, 0.5) is 0 Å². The van der Waals surface area contributed by atoms with Crippen LogP contribution >= 0.6 is 0 Å². The highest BCUT2D eigenvalue weighted by molar-refractivity contribution is 5.80. The number of amides is 1. The summed E-state index contributed by atoms with van der Waals surface area (Å²) in [6.45, 7) is 15.6. The highest BCUT2D eigenvalue weighted by Gasteiger charge is 2.20. The molecule has 0 saturated carbocycles. The Kier molecular flexibility index (Phi) is 6.99. The summed E-state index contributed by atoms with van der Waals surface area (Å²) in [6, 6.07) is 0. The first-order valence-electron chi connectivity index (χ1n) is 8.12. The van der Waals surface area contributed by atoms with Crippen molar-refractivity contribution < 1.29 is 4.79 Å². The van der Waals surface area contributed by atoms with Gasteiger partial charge in [-0.05, 0) is 25.2 Å². The zero-order valence-corrected chi connectivity index (χ0v) is 14.4. The minimum atomic E-state index is 0.168. The molecule has 0 spiro atoms. The molecule has 1 rings (SSSR count). The van der Waals surface area contributed by atoms with E-state index < -0.39 is 0 Å². The number of nitrogens with zero attached hydrogens (tertiary/aromatic N) is 3. The number of piperazine rings is 1. The number of carbonyl (C=O) groups is 1. The minimum absolute atomic E-state index is 0.168. The maximum atomic E-state index is 11.4. The van der Waals surface area contributed by atoms with Crippen molar-refractivity contribution in [3.63, 3.8) is 0 Å². The van der Waals surface area contributed by atoms with Crippen LogP contribution in [0.25, 0.3) is 0 Å². The maximum Gasteiger partial charge on any atom is 0.219 e. The molecular formula is C16H32N4O. The van der Waals surface area contributed by atoms with Gasteiger partial charge in [-0.1, -0.05) is 20.8 Å². The van der Waals surface area contributed by atoms with Crippen LogP contribution < -0.4 is 5.32 Å². The molecule has 0 unspecified atom stereocenters. The molecule has 0 bridgehead atoms. The fraction of sp³-hybridized carbons (Fsp3) is 0.875. The summed E-state index contributed by atoms with van der Waals surface area (Å²) in [5.74, 6) is 1.16. The number of rotatable bonds is 4. The summed E-state index contributed by atoms with van der Waals surface area (Å²) in [6.07, 6.45) is 2.31. The Hall–Kier alpha value is -1.26. The van der Waals surface area contributed by atoms with Gasteiger partial charge in [0.1, 0.15) is 0 Å². The van der Waals surface area contributed by atoms with Crippen LogP contribution in [-0.2, 0) is 4.79 Å². The Morgan fingerprint density at radius 1 is 1.14 bits per heavy atom. The van der Waals surface area contributed by atoms with E-state index in [0.29, 0.717) is 5.41 Å². The third-order valence-electron chi connectivity index (χ3n) is 3.71. The standard InChI is InChI=1S/C16H32N4O/c1-6-17-15(18-9-7-8-16(3,4)5)20-12-10-19(11-13-20)14(2)21/h6-13H2,1-5H3,(H,17,18). The van der Waals surface area contributed by atoms with E-state index in [0.717, 1.165) is 51.6 Å². The van der Waals surface area contributed by atoms with Crippen LogP contribution in [0.1, 0.15) is 47.5 Å². The third kappa shape index (κ3) is 6.82. The second-order valence-corrected chi connectivity index (χ2v) is 6.89. The molecule has 5 heteroatoms. The molecule has 0 aromatic carbocycles. The lowest BCUT2D eigenvalue weighted by atomic mass is 9.91. The molecule has 1 aliphatic heterocycles. The maximum absolute atomic E-state index is 11.4. The Labute approximate surface area is 129 Å². The molecule has 1 saturated heterocycles. The van der Waals surface area contributed by atoms with E-state index in [9.17, 15) is 4.79 Å². The first kappa shape index (κ1) is 17.8. The van der Waals surface area contributed by atoms with Crippen molar-refractivity contribution in [2.24, 2.45) is 10.4 Å². The van der Waals surface area contributed by atoms with Crippen molar-refractivity contribution in [1.29, 1.82) is 0 Å². The Morgan fingerprint density at radius 2 is 1.71 bits per heavy atom. The zero-order chi connectivity index (χ0) is 15.9. The van der Waals surface area contributed by atoms with Crippen molar-refractivity contribution in [2.75, 3.05) is 39.3 Å². The molecule has 0 radical (unpaired) electrons. The van der Waals surface area contributed by atoms with E-state index >= 15 is 0 Å². The predicted octanol–water partition coefficient (Wildman–Crippen LogP) is 1.94. The normalized spacial score (nSPS) is 17.1. The van der Waals surface area contributed by atoms with Crippen LogP contribution in [0.5, 0.6) is 0 Å². The topological polar surface area (TPSA) is 47.9 Å². The average Bonchev–Trinajstić information content (AvgIpc) is 2.41. The van der Waals surface area contributed by atoms with E-state index in [1.165, 1.54) is 6.42 Å². The lowest BCUT2D eigenvalue weighted by Gasteiger charge is -2.36. The Bertz CT molecular complexity index is 352. The molecule has 5 nitrogen and oxygen atoms in total. The zero-order valence-electron chi connectivity index (χ0n) is 14.4. The van der Waals surface area contributed by atoms with Gasteiger partial charge in [-0.15, -0.1) is 0 Å². The van der Waals surface area contributed by atoms with Gasteiger partial charge in [0.15, 0.2) is 5.96 Å². The van der Waals surface area contributed by atoms with Crippen molar-refractivity contribution in [3.05, 3.63) is 0 Å². The van der Waals surface area contributed by atoms with E-state index in [1.54, 1.807) is 6.92 Å². The van der Waals surface area contributed by atoms with Gasteiger partial charge in [0, 0.05) is 46.2 Å². The van der Waals surface area contributed by atoms with Gasteiger partial charge < -0.3 is 15.1 Å². The Balaban J connectivity index is 2.47. The highest BCUT2D eigenvalue weighted by Crippen LogP contribution is 2.20. The van der Waals surface area contributed by atoms with Crippen LogP contribution in [0, 0.1) is 5.41 Å². The molecular weight excluding hydrogens is 264 g/mol. The number of hydrogen-bond acceptors (Lipinski definition) is 2. The molecule has 1 N–H and O–H groups in total. The third-order valence-corrected chi connectivity index (χ3v) is 3.71. The summed E-state index contributed by atoms with van der Waals surface area (Å²) in [5, 5.41) is 3.37. The lowest BCUT2D eigenvalue weighted by molar-refractivity contribution is -0.130. The SMILES string of the molecule is CCNC(=NCCCC(C)(C)C)N1CCN(C(C)=O)CC1. The summed E-state index contributed by atoms with van der Waals surface area (Å²) in [5.41, 5.74) is 0.376. The van der Waals surface area contributed by atoms with Crippen molar-refractivity contribution in [2.45, 2.75) is 47.5 Å². The summed E-state index contributed by atoms with van der Waals surface area (Å²) in [7, 11) is 0. The number of guanidine groups is 1. The number of hydrogen-bond donors (Lipinski definition) is 1. The molecule has 1 aliphatic rings. The van der Waals surface area contributed by atoms with Gasteiger partial charge in [-0.3, -0.25) is 9.79 Å². The number of carbonyl (C=O) groups excluding carboxylic acids is 1. The van der Waals surface area contributed by atoms with Gasteiger partial charge in [0.25, 0.3) is 0 Å². The van der Waals surface area contributed by atoms with Gasteiger partial charge in [-0.2, -0.15) is 0 Å². The fourth-order valence-electron chi connectivity index (χ4n) is 2.45. The van der Waals surface area contributed by atoms with E-state index in [2.05, 4.69) is 37.9 Å². The first-order valence-corrected chi connectivity index (χ1v) is 8.12. The molecule has 0 atom stereocenters. The van der Waals surface area contributed by atoms with Crippen LogP contribution in [0.3, 0.4) is 0 Å². The van der Waals surface area contributed by atoms with Gasteiger partial charge in [-0.25, -0.2) is 0 Å². The molecule has 1 heterocycles. The van der Waals surface area contributed by atoms with Gasteiger partial charge >= 0.3 is 0 Å². The quantitative estimate of drug-likeness (QED) is 0.490. The first-order chi connectivity index (χ1) is 9.83. The van der Waals surface area contributed by atoms with Crippen LogP contribution in [0.2, 0.25) is 0 Å². The largest absolute Gasteiger partial charge is 0.357 e. The smallest absolute Gasteiger partial charge is 0.219 e. The Morgan fingerprint density at radius 3 is 2.19 bits per heavy atom. The summed E-state index contributed by atoms with van der Waals surface area (Å²) < 4.78 is 0. The van der Waals surface area contributed by atoms with Crippen molar-refractivity contribution in [1.82, 2.24) is 15.1 Å². The molecule has 1 amide bonds. The molecule has 0 aromatic rings. The monoisotopic (exact) mass is 296 g/mol. The van der Waals surface area contributed by atoms with Crippen molar-refractivity contribution in [3.8, 4) is 0 Å². The number of nitrogens with one attached hydrogen (secondary N) is 1. The van der Waals surface area contributed by atoms with Gasteiger partial charge in [0.05, 0.1) is 0 Å². The molecule has 0 aliphatic carbocycles. The van der Waals surface area contributed by atoms with E-state index in [4.69, 9.17) is 4.99 Å². The molecule has 122 valence electrons. The lowest BCUT2D eigenvalue weighted by Crippen LogP contribution is -2.53. The highest BCUT2D eigenvalue weighted by atomic mass is 16.2. The van der Waals surface area contributed by atoms with E-state index in [1.807, 2.05) is 4.90 Å². The second kappa shape index (κ2) is 8.25. The summed E-state index contributed by atoms with van der Waals surface area (Å²) >= 11 is 0. The van der Waals surface area contributed by atoms with Crippen LogP contribution in [-0.4, -0.2) is 60.9 Å². The predicted molar refractivity (Wildman–Crippen MR) is 88.5 cm³/mol. The second-order valence-electron chi connectivity index (χ2n) is 6.89. The fourth-order valence-corrected chi connectivity index (χ4v) is 2.45. The van der Waals surface area contributed by atoms with Crippen LogP contribution in [0.15, 0.2) is 4.99 Å². The van der Waals surface area contributed by atoms with Gasteiger partial charge in [0.2, 0.25) is 5.91 Å². The number of aliphatic imine (C=N–C) groups is 1. The average molecular weight is 296 g/mol. The van der Waals surface area contributed by atoms with E-state index in [-0.39, 0.29) is 5.91 Å². The molecule has 0 aromatic heterocycles. The van der Waals surface area contributed by atoms with Crippen molar-refractivity contribution >= 4 is 11.9 Å². The summed E-state index contributed by atoms with van der Waals surface area (Å²) in [4.78, 5) is 20.3. The minimum Gasteiger partial charge on any atom is -0.357 e. The molecule has 21 heavy (non-hydrogen) atoms.